The molecule has 0 aliphatic heterocycles. The number of nitrogen functional groups attached to an aromatic ring is 1. The van der Waals surface area contributed by atoms with E-state index in [0.29, 0.717) is 4.47 Å². The number of nitrogens with two attached hydrogens (primary N) is 1. The van der Waals surface area contributed by atoms with Crippen LogP contribution in [0.1, 0.15) is 0 Å². The fourth-order valence-electron chi connectivity index (χ4n) is 1.36. The van der Waals surface area contributed by atoms with E-state index in [9.17, 15) is 8.42 Å². The molecule has 20 heavy (non-hydrogen) atoms. The molecule has 0 saturated heterocycles. The Morgan fingerprint density at radius 2 is 1.80 bits per heavy atom. The molecule has 0 radical (unpaired) electrons. The third-order valence-electron chi connectivity index (χ3n) is 2.21. The van der Waals surface area contributed by atoms with Gasteiger partial charge in [-0.2, -0.15) is 0 Å². The lowest BCUT2D eigenvalue weighted by Crippen LogP contribution is -2.19. The third kappa shape index (κ3) is 3.45. The van der Waals surface area contributed by atoms with E-state index in [4.69, 9.17) is 5.84 Å². The fraction of sp³-hybridized carbons (Fsp3) is 0. The van der Waals surface area contributed by atoms with Gasteiger partial charge in [-0.05, 0) is 50.1 Å². The molecule has 0 atom stereocenters. The Morgan fingerprint density at radius 1 is 1.10 bits per heavy atom. The molecule has 0 bridgehead atoms. The first-order valence-corrected chi connectivity index (χ1v) is 8.26. The van der Waals surface area contributed by atoms with Crippen molar-refractivity contribution in [2.24, 2.45) is 5.84 Å². The average molecular weight is 423 g/mol. The molecule has 7 nitrogen and oxygen atoms in total. The van der Waals surface area contributed by atoms with Crippen molar-refractivity contribution in [2.75, 3.05) is 10.1 Å². The molecule has 0 amide bonds. The van der Waals surface area contributed by atoms with E-state index in [0.717, 1.165) is 4.47 Å². The summed E-state index contributed by atoms with van der Waals surface area (Å²) in [5.41, 5.74) is 2.24. The summed E-state index contributed by atoms with van der Waals surface area (Å²) in [4.78, 5) is 7.75. The summed E-state index contributed by atoms with van der Waals surface area (Å²) in [7, 11) is -3.85. The number of nitrogens with one attached hydrogen (secondary N) is 2. The van der Waals surface area contributed by atoms with Crippen LogP contribution < -0.4 is 16.0 Å². The van der Waals surface area contributed by atoms with Crippen molar-refractivity contribution in [1.29, 1.82) is 0 Å². The number of hydrogen-bond acceptors (Lipinski definition) is 6. The lowest BCUT2D eigenvalue weighted by atomic mass is 10.5. The molecular weight excluding hydrogens is 414 g/mol. The van der Waals surface area contributed by atoms with Crippen molar-refractivity contribution in [3.05, 3.63) is 39.5 Å². The van der Waals surface area contributed by atoms with Gasteiger partial charge in [0.05, 0.1) is 0 Å². The normalized spacial score (nSPS) is 11.2. The summed E-state index contributed by atoms with van der Waals surface area (Å²) in [5, 5.41) is 0. The molecule has 0 unspecified atom stereocenters. The monoisotopic (exact) mass is 421 g/mol. The molecule has 0 aliphatic rings. The van der Waals surface area contributed by atoms with E-state index in [2.05, 4.69) is 52.0 Å². The number of aromatic nitrogens is 2. The standard InChI is InChI=1S/C10H9Br2N5O2S/c11-6-1-2-9(14-4-6)17-20(18,19)8-3-7(12)5-15-10(8)16-13/h1-5H,13H2,(H,14,17)(H,15,16). The molecule has 0 spiro atoms. The second kappa shape index (κ2) is 6.04. The van der Waals surface area contributed by atoms with Crippen molar-refractivity contribution in [3.8, 4) is 0 Å². The number of sulfonamides is 1. The van der Waals surface area contributed by atoms with E-state index in [1.54, 1.807) is 6.07 Å². The van der Waals surface area contributed by atoms with Crippen LogP contribution in [0.5, 0.6) is 0 Å². The predicted octanol–water partition coefficient (Wildman–Crippen LogP) is 2.09. The number of pyridine rings is 2. The molecule has 2 heterocycles. The zero-order chi connectivity index (χ0) is 14.8. The Morgan fingerprint density at radius 3 is 2.40 bits per heavy atom. The number of anilines is 2. The van der Waals surface area contributed by atoms with E-state index in [1.165, 1.54) is 24.5 Å². The first kappa shape index (κ1) is 15.2. The lowest BCUT2D eigenvalue weighted by molar-refractivity contribution is 0.601. The first-order valence-electron chi connectivity index (χ1n) is 5.19. The van der Waals surface area contributed by atoms with Crippen LogP contribution in [0.3, 0.4) is 0 Å². The van der Waals surface area contributed by atoms with Crippen molar-refractivity contribution >= 4 is 53.5 Å². The van der Waals surface area contributed by atoms with Crippen molar-refractivity contribution < 1.29 is 8.42 Å². The Balaban J connectivity index is 2.40. The molecule has 2 rings (SSSR count). The Hall–Kier alpha value is -1.23. The van der Waals surface area contributed by atoms with Crippen LogP contribution in [0.25, 0.3) is 0 Å². The highest BCUT2D eigenvalue weighted by atomic mass is 79.9. The number of nitrogens with zero attached hydrogens (tertiary/aromatic N) is 2. The molecule has 0 fully saturated rings. The molecule has 0 saturated carbocycles. The maximum Gasteiger partial charge on any atom is 0.266 e. The van der Waals surface area contributed by atoms with E-state index >= 15 is 0 Å². The van der Waals surface area contributed by atoms with Gasteiger partial charge in [-0.3, -0.25) is 4.72 Å². The molecule has 0 aliphatic carbocycles. The molecule has 4 N–H and O–H groups in total. The van der Waals surface area contributed by atoms with Crippen molar-refractivity contribution in [1.82, 2.24) is 9.97 Å². The molecule has 2 aromatic rings. The molecule has 10 heteroatoms. The SMILES string of the molecule is NNc1ncc(Br)cc1S(=O)(=O)Nc1ccc(Br)cn1. The number of hydrogen-bond donors (Lipinski definition) is 3. The average Bonchev–Trinajstić information content (AvgIpc) is 2.41. The summed E-state index contributed by atoms with van der Waals surface area (Å²) >= 11 is 6.39. The smallest absolute Gasteiger partial charge is 0.266 e. The number of hydrazine groups is 1. The van der Waals surface area contributed by atoms with Gasteiger partial charge in [0.2, 0.25) is 0 Å². The van der Waals surface area contributed by atoms with Gasteiger partial charge in [0.1, 0.15) is 10.7 Å². The first-order chi connectivity index (χ1) is 9.42. The zero-order valence-electron chi connectivity index (χ0n) is 9.84. The van der Waals surface area contributed by atoms with Crippen LogP contribution in [-0.2, 0) is 10.0 Å². The summed E-state index contributed by atoms with van der Waals surface area (Å²) in [5.74, 6) is 5.50. The van der Waals surface area contributed by atoms with Gasteiger partial charge in [0, 0.05) is 21.3 Å². The summed E-state index contributed by atoms with van der Waals surface area (Å²) in [6.45, 7) is 0. The molecule has 0 aromatic carbocycles. The van der Waals surface area contributed by atoms with Crippen LogP contribution in [0.4, 0.5) is 11.6 Å². The highest BCUT2D eigenvalue weighted by Crippen LogP contribution is 2.24. The molecule has 106 valence electrons. The quantitative estimate of drug-likeness (QED) is 0.514. The Bertz CT molecular complexity index is 721. The van der Waals surface area contributed by atoms with Crippen LogP contribution in [0.15, 0.2) is 44.4 Å². The van der Waals surface area contributed by atoms with Gasteiger partial charge in [-0.1, -0.05) is 0 Å². The highest BCUT2D eigenvalue weighted by molar-refractivity contribution is 9.10. The highest BCUT2D eigenvalue weighted by Gasteiger charge is 2.20. The van der Waals surface area contributed by atoms with E-state index in [1.807, 2.05) is 0 Å². The minimum atomic E-state index is -3.85. The third-order valence-corrected chi connectivity index (χ3v) is 4.48. The maximum absolute atomic E-state index is 12.3. The molecule has 2 aromatic heterocycles. The van der Waals surface area contributed by atoms with Gasteiger partial charge >= 0.3 is 0 Å². The van der Waals surface area contributed by atoms with Gasteiger partial charge < -0.3 is 5.43 Å². The van der Waals surface area contributed by atoms with Crippen molar-refractivity contribution in [3.63, 3.8) is 0 Å². The minimum Gasteiger partial charge on any atom is -0.307 e. The summed E-state index contributed by atoms with van der Waals surface area (Å²) < 4.78 is 28.2. The van der Waals surface area contributed by atoms with Crippen LogP contribution >= 0.6 is 31.9 Å². The van der Waals surface area contributed by atoms with Gasteiger partial charge in [-0.15, -0.1) is 0 Å². The Labute approximate surface area is 132 Å². The van der Waals surface area contributed by atoms with Gasteiger partial charge in [0.15, 0.2) is 5.82 Å². The molecular formula is C10H9Br2N5O2S. The summed E-state index contributed by atoms with van der Waals surface area (Å²) in [6.07, 6.45) is 2.92. The summed E-state index contributed by atoms with van der Waals surface area (Å²) in [6, 6.07) is 4.60. The van der Waals surface area contributed by atoms with Crippen LogP contribution in [0.2, 0.25) is 0 Å². The maximum atomic E-state index is 12.3. The second-order valence-electron chi connectivity index (χ2n) is 3.61. The minimum absolute atomic E-state index is 0.0396. The van der Waals surface area contributed by atoms with Crippen LogP contribution in [0, 0.1) is 0 Å². The second-order valence-corrected chi connectivity index (χ2v) is 7.09. The Kier molecular flexibility index (Phi) is 4.58. The van der Waals surface area contributed by atoms with Crippen LogP contribution in [-0.4, -0.2) is 18.4 Å². The zero-order valence-corrected chi connectivity index (χ0v) is 13.8. The van der Waals surface area contributed by atoms with Gasteiger partial charge in [-0.25, -0.2) is 24.2 Å². The number of rotatable bonds is 4. The van der Waals surface area contributed by atoms with E-state index < -0.39 is 10.0 Å². The van der Waals surface area contributed by atoms with E-state index in [-0.39, 0.29) is 16.5 Å². The lowest BCUT2D eigenvalue weighted by Gasteiger charge is -2.11. The predicted molar refractivity (Wildman–Crippen MR) is 82.5 cm³/mol. The van der Waals surface area contributed by atoms with Crippen molar-refractivity contribution in [2.45, 2.75) is 4.90 Å². The largest absolute Gasteiger partial charge is 0.307 e. The number of halogens is 2. The van der Waals surface area contributed by atoms with Gasteiger partial charge in [0.25, 0.3) is 10.0 Å². The topological polar surface area (TPSA) is 110 Å². The fourth-order valence-corrected chi connectivity index (χ4v) is 3.23.